The number of hydrogen-bond donors (Lipinski definition) is 2. The van der Waals surface area contributed by atoms with Gasteiger partial charge in [-0.15, -0.1) is 18.3 Å². The van der Waals surface area contributed by atoms with Crippen molar-refractivity contribution in [1.29, 1.82) is 0 Å². The molecule has 0 atom stereocenters. The Morgan fingerprint density at radius 3 is 2.32 bits per heavy atom. The number of amides is 2. The van der Waals surface area contributed by atoms with Crippen molar-refractivity contribution in [2.24, 2.45) is 0 Å². The van der Waals surface area contributed by atoms with Crippen LogP contribution in [0.3, 0.4) is 0 Å². The summed E-state index contributed by atoms with van der Waals surface area (Å²) in [5, 5.41) is 14.0. The van der Waals surface area contributed by atoms with E-state index in [1.54, 1.807) is 28.9 Å². The van der Waals surface area contributed by atoms with Crippen LogP contribution in [0.1, 0.15) is 52.7 Å². The third-order valence-electron chi connectivity index (χ3n) is 5.49. The van der Waals surface area contributed by atoms with Crippen LogP contribution in [-0.4, -0.2) is 52.4 Å². The molecule has 0 unspecified atom stereocenters. The van der Waals surface area contributed by atoms with Gasteiger partial charge in [-0.25, -0.2) is 4.68 Å². The Kier molecular flexibility index (Phi) is 7.95. The Balaban J connectivity index is 1.43. The van der Waals surface area contributed by atoms with Gasteiger partial charge in [0.15, 0.2) is 5.69 Å². The summed E-state index contributed by atoms with van der Waals surface area (Å²) in [5.41, 5.74) is 1.94. The molecule has 0 radical (unpaired) electrons. The van der Waals surface area contributed by atoms with E-state index in [4.69, 9.17) is 4.74 Å². The summed E-state index contributed by atoms with van der Waals surface area (Å²) in [6.07, 6.45) is -2.03. The Hall–Kier alpha value is -4.09. The number of nitrogens with zero attached hydrogens (tertiary/aromatic N) is 3. The molecule has 2 amide bonds. The molecule has 196 valence electrons. The fraction of sp³-hybridized carbons (Fsp3) is 0.360. The first-order valence-electron chi connectivity index (χ1n) is 11.9. The van der Waals surface area contributed by atoms with Crippen molar-refractivity contribution >= 4 is 11.8 Å². The van der Waals surface area contributed by atoms with Crippen LogP contribution < -0.4 is 20.1 Å². The number of benzene rings is 2. The minimum atomic E-state index is -4.76. The summed E-state index contributed by atoms with van der Waals surface area (Å²) in [4.78, 5) is 24.8. The van der Waals surface area contributed by atoms with Gasteiger partial charge in [0.25, 0.3) is 11.8 Å². The van der Waals surface area contributed by atoms with E-state index in [0.29, 0.717) is 42.1 Å². The van der Waals surface area contributed by atoms with Crippen LogP contribution in [0.5, 0.6) is 11.5 Å². The number of rotatable bonds is 11. The monoisotopic (exact) mass is 517 g/mol. The highest BCUT2D eigenvalue weighted by atomic mass is 19.4. The van der Waals surface area contributed by atoms with Crippen molar-refractivity contribution in [3.63, 3.8) is 0 Å². The lowest BCUT2D eigenvalue weighted by molar-refractivity contribution is -0.274. The summed E-state index contributed by atoms with van der Waals surface area (Å²) >= 11 is 0. The van der Waals surface area contributed by atoms with Crippen molar-refractivity contribution in [2.75, 3.05) is 13.2 Å². The maximum absolute atomic E-state index is 12.8. The molecule has 37 heavy (non-hydrogen) atoms. The number of carbonyl (C=O) groups is 2. The van der Waals surface area contributed by atoms with E-state index in [-0.39, 0.29) is 35.9 Å². The number of nitrogens with one attached hydrogen (secondary N) is 2. The predicted octanol–water partition coefficient (Wildman–Crippen LogP) is 3.82. The van der Waals surface area contributed by atoms with Crippen molar-refractivity contribution in [3.05, 3.63) is 65.5 Å². The Labute approximate surface area is 210 Å². The van der Waals surface area contributed by atoms with Crippen LogP contribution in [0.4, 0.5) is 13.2 Å². The van der Waals surface area contributed by atoms with E-state index in [1.165, 1.54) is 24.3 Å². The number of aromatic nitrogens is 3. The Bertz CT molecular complexity index is 1220. The number of halogens is 3. The molecule has 1 fully saturated rings. The van der Waals surface area contributed by atoms with E-state index >= 15 is 0 Å². The van der Waals surface area contributed by atoms with Gasteiger partial charge in [-0.1, -0.05) is 5.21 Å². The zero-order chi connectivity index (χ0) is 26.4. The van der Waals surface area contributed by atoms with Crippen molar-refractivity contribution in [1.82, 2.24) is 25.6 Å². The molecule has 1 saturated carbocycles. The van der Waals surface area contributed by atoms with Crippen LogP contribution in [0.25, 0.3) is 5.69 Å². The second kappa shape index (κ2) is 11.3. The fourth-order valence-corrected chi connectivity index (χ4v) is 3.57. The topological polar surface area (TPSA) is 107 Å². The molecule has 1 aliphatic rings. The van der Waals surface area contributed by atoms with Gasteiger partial charge >= 0.3 is 6.36 Å². The summed E-state index contributed by atoms with van der Waals surface area (Å²) < 4.78 is 48.0. The molecule has 0 spiro atoms. The van der Waals surface area contributed by atoms with E-state index in [1.807, 2.05) is 6.92 Å². The first-order valence-corrected chi connectivity index (χ1v) is 11.9. The van der Waals surface area contributed by atoms with Gasteiger partial charge in [-0.3, -0.25) is 9.59 Å². The lowest BCUT2D eigenvalue weighted by Gasteiger charge is -2.11. The standard InChI is InChI=1S/C25H26F3N5O4/c1-2-29-23(34)16-5-9-18(10-6-16)33-21(22(31-32-33)24(35)30-17-7-8-17)4-3-15-36-19-11-13-20(14-12-19)37-25(26,27)28/h5-6,9-14,17H,2-4,7-8,15H2,1H3,(H,29,34)(H,30,35). The number of ether oxygens (including phenoxy) is 2. The van der Waals surface area contributed by atoms with Gasteiger partial charge < -0.3 is 20.1 Å². The quantitative estimate of drug-likeness (QED) is 0.375. The van der Waals surface area contributed by atoms with E-state index in [9.17, 15) is 22.8 Å². The van der Waals surface area contributed by atoms with Crippen LogP contribution in [-0.2, 0) is 6.42 Å². The predicted molar refractivity (Wildman–Crippen MR) is 127 cm³/mol. The van der Waals surface area contributed by atoms with Crippen molar-refractivity contribution in [3.8, 4) is 17.2 Å². The summed E-state index contributed by atoms with van der Waals surface area (Å²) in [6, 6.07) is 12.1. The third kappa shape index (κ3) is 7.21. The molecule has 2 aromatic carbocycles. The van der Waals surface area contributed by atoms with Gasteiger partial charge in [0.05, 0.1) is 18.0 Å². The molecule has 1 heterocycles. The highest BCUT2D eigenvalue weighted by Crippen LogP contribution is 2.25. The van der Waals surface area contributed by atoms with Crippen molar-refractivity contribution < 1.29 is 32.2 Å². The fourth-order valence-electron chi connectivity index (χ4n) is 3.57. The number of alkyl halides is 3. The zero-order valence-corrected chi connectivity index (χ0v) is 20.0. The van der Waals surface area contributed by atoms with Gasteiger partial charge in [0, 0.05) is 18.2 Å². The second-order valence-electron chi connectivity index (χ2n) is 8.42. The molecule has 9 nitrogen and oxygen atoms in total. The Morgan fingerprint density at radius 2 is 1.70 bits per heavy atom. The van der Waals surface area contributed by atoms with Crippen LogP contribution in [0.2, 0.25) is 0 Å². The number of carbonyl (C=O) groups excluding carboxylic acids is 2. The first-order chi connectivity index (χ1) is 17.7. The highest BCUT2D eigenvalue weighted by molar-refractivity contribution is 5.94. The molecule has 3 aromatic rings. The lowest BCUT2D eigenvalue weighted by atomic mass is 10.1. The average Bonchev–Trinajstić information content (AvgIpc) is 3.57. The van der Waals surface area contributed by atoms with Gasteiger partial charge in [0.2, 0.25) is 0 Å². The zero-order valence-electron chi connectivity index (χ0n) is 20.0. The summed E-state index contributed by atoms with van der Waals surface area (Å²) in [6.45, 7) is 2.59. The van der Waals surface area contributed by atoms with Crippen LogP contribution in [0.15, 0.2) is 48.5 Å². The molecular weight excluding hydrogens is 491 g/mol. The second-order valence-corrected chi connectivity index (χ2v) is 8.42. The normalized spacial score (nSPS) is 13.2. The smallest absolute Gasteiger partial charge is 0.494 e. The maximum Gasteiger partial charge on any atom is 0.573 e. The SMILES string of the molecule is CCNC(=O)c1ccc(-n2nnc(C(=O)NC3CC3)c2CCCOc2ccc(OC(F)(F)F)cc2)cc1. The lowest BCUT2D eigenvalue weighted by Crippen LogP contribution is -2.27. The average molecular weight is 518 g/mol. The maximum atomic E-state index is 12.8. The third-order valence-corrected chi connectivity index (χ3v) is 5.49. The summed E-state index contributed by atoms with van der Waals surface area (Å²) in [7, 11) is 0. The first kappa shape index (κ1) is 26.0. The molecule has 2 N–H and O–H groups in total. The van der Waals surface area contributed by atoms with Gasteiger partial charge in [0.1, 0.15) is 11.5 Å². The van der Waals surface area contributed by atoms with E-state index in [0.717, 1.165) is 12.8 Å². The molecule has 0 aliphatic heterocycles. The van der Waals surface area contributed by atoms with Gasteiger partial charge in [-0.05, 0) is 81.1 Å². The van der Waals surface area contributed by atoms with Crippen LogP contribution in [0, 0.1) is 0 Å². The Morgan fingerprint density at radius 1 is 1.03 bits per heavy atom. The number of hydrogen-bond acceptors (Lipinski definition) is 6. The molecule has 1 aliphatic carbocycles. The molecule has 0 saturated heterocycles. The largest absolute Gasteiger partial charge is 0.573 e. The molecule has 1 aromatic heterocycles. The molecule has 4 rings (SSSR count). The molecule has 12 heteroatoms. The van der Waals surface area contributed by atoms with E-state index in [2.05, 4.69) is 25.7 Å². The van der Waals surface area contributed by atoms with Crippen LogP contribution >= 0.6 is 0 Å². The molecule has 0 bridgehead atoms. The van der Waals surface area contributed by atoms with Gasteiger partial charge in [-0.2, -0.15) is 0 Å². The molecular formula is C25H26F3N5O4. The summed E-state index contributed by atoms with van der Waals surface area (Å²) in [5.74, 6) is -0.440. The highest BCUT2D eigenvalue weighted by Gasteiger charge is 2.31. The van der Waals surface area contributed by atoms with E-state index < -0.39 is 6.36 Å². The minimum Gasteiger partial charge on any atom is -0.494 e. The minimum absolute atomic E-state index is 0.148. The van der Waals surface area contributed by atoms with Crippen molar-refractivity contribution in [2.45, 2.75) is 45.0 Å².